The molecule has 3 aliphatic rings. The third-order valence-corrected chi connectivity index (χ3v) is 5.88. The minimum absolute atomic E-state index is 0.00401. The van der Waals surface area contributed by atoms with E-state index in [0.29, 0.717) is 42.8 Å². The fraction of sp³-hybridized carbons (Fsp3) is 0.400. The number of aryl methyl sites for hydroxylation is 1. The van der Waals surface area contributed by atoms with Crippen molar-refractivity contribution in [2.24, 2.45) is 5.41 Å². The van der Waals surface area contributed by atoms with Gasteiger partial charge < -0.3 is 14.5 Å². The van der Waals surface area contributed by atoms with Gasteiger partial charge in [-0.25, -0.2) is 9.78 Å². The van der Waals surface area contributed by atoms with E-state index in [1.54, 1.807) is 17.0 Å². The van der Waals surface area contributed by atoms with Crippen molar-refractivity contribution in [2.45, 2.75) is 6.92 Å². The van der Waals surface area contributed by atoms with Crippen molar-refractivity contribution in [3.05, 3.63) is 46.9 Å². The lowest BCUT2D eigenvalue weighted by molar-refractivity contribution is 0.00922. The van der Waals surface area contributed by atoms with Crippen LogP contribution < -0.4 is 14.5 Å². The van der Waals surface area contributed by atoms with Crippen molar-refractivity contribution >= 4 is 29.1 Å². The molecule has 1 aromatic carbocycles. The van der Waals surface area contributed by atoms with E-state index in [9.17, 15) is 9.18 Å². The van der Waals surface area contributed by atoms with E-state index >= 15 is 0 Å². The minimum Gasteiger partial charge on any atom is -0.489 e. The Hall–Kier alpha value is -2.54. The van der Waals surface area contributed by atoms with Gasteiger partial charge in [-0.05, 0) is 36.8 Å². The fourth-order valence-electron chi connectivity index (χ4n) is 4.36. The van der Waals surface area contributed by atoms with Gasteiger partial charge >= 0.3 is 6.03 Å². The monoisotopic (exact) mass is 402 g/mol. The van der Waals surface area contributed by atoms with E-state index in [4.69, 9.17) is 16.3 Å². The number of aromatic nitrogens is 1. The number of benzene rings is 1. The Bertz CT molecular complexity index is 935. The maximum absolute atomic E-state index is 13.5. The van der Waals surface area contributed by atoms with Crippen molar-refractivity contribution in [3.8, 4) is 5.75 Å². The summed E-state index contributed by atoms with van der Waals surface area (Å²) >= 11 is 6.03. The predicted molar refractivity (Wildman–Crippen MR) is 105 cm³/mol. The van der Waals surface area contributed by atoms with E-state index in [2.05, 4.69) is 9.88 Å². The standard InChI is InChI=1S/C20H20ClFN4O2/c1-13-6-17(22)23-18(7-13)24-9-20(10-24)11-25(12-20)19(27)26-4-5-28-16-8-14(21)2-3-15(16)26/h2-3,6-8H,4-5,9-12H2,1H3. The number of carbonyl (C=O) groups is 1. The third kappa shape index (κ3) is 2.85. The summed E-state index contributed by atoms with van der Waals surface area (Å²) < 4.78 is 19.2. The molecule has 0 atom stereocenters. The van der Waals surface area contributed by atoms with Crippen LogP contribution >= 0.6 is 11.6 Å². The molecule has 0 unspecified atom stereocenters. The van der Waals surface area contributed by atoms with Gasteiger partial charge in [-0.15, -0.1) is 0 Å². The molecule has 0 aliphatic carbocycles. The molecule has 146 valence electrons. The van der Waals surface area contributed by atoms with Crippen molar-refractivity contribution in [1.29, 1.82) is 0 Å². The zero-order valence-electron chi connectivity index (χ0n) is 15.5. The van der Waals surface area contributed by atoms with Gasteiger partial charge in [0.2, 0.25) is 5.95 Å². The number of likely N-dealkylation sites (tertiary alicyclic amines) is 1. The number of carbonyl (C=O) groups excluding carboxylic acids is 1. The normalized spacial score (nSPS) is 19.6. The van der Waals surface area contributed by atoms with E-state index in [0.717, 1.165) is 24.3 Å². The zero-order chi connectivity index (χ0) is 19.5. The molecule has 5 rings (SSSR count). The highest BCUT2D eigenvalue weighted by atomic mass is 35.5. The number of urea groups is 1. The largest absolute Gasteiger partial charge is 0.489 e. The number of pyridine rings is 1. The first-order chi connectivity index (χ1) is 13.4. The second-order valence-corrected chi connectivity index (χ2v) is 8.37. The molecule has 4 heterocycles. The van der Waals surface area contributed by atoms with Crippen LogP contribution in [0.25, 0.3) is 0 Å². The van der Waals surface area contributed by atoms with E-state index in [1.165, 1.54) is 6.07 Å². The highest BCUT2D eigenvalue weighted by Crippen LogP contribution is 2.43. The molecule has 2 aromatic rings. The van der Waals surface area contributed by atoms with Gasteiger partial charge in [-0.1, -0.05) is 11.6 Å². The number of hydrogen-bond donors (Lipinski definition) is 0. The van der Waals surface area contributed by atoms with Crippen LogP contribution in [0.5, 0.6) is 5.75 Å². The van der Waals surface area contributed by atoms with Crippen molar-refractivity contribution in [2.75, 3.05) is 49.1 Å². The molecular weight excluding hydrogens is 383 g/mol. The molecule has 0 N–H and O–H groups in total. The molecule has 6 nitrogen and oxygen atoms in total. The molecule has 28 heavy (non-hydrogen) atoms. The molecule has 2 fully saturated rings. The van der Waals surface area contributed by atoms with Crippen molar-refractivity contribution in [1.82, 2.24) is 9.88 Å². The van der Waals surface area contributed by atoms with Gasteiger partial charge in [-0.2, -0.15) is 4.39 Å². The molecule has 1 spiro atoms. The number of hydrogen-bond acceptors (Lipinski definition) is 4. The van der Waals surface area contributed by atoms with E-state index in [1.807, 2.05) is 24.0 Å². The van der Waals surface area contributed by atoms with Gasteiger partial charge in [-0.3, -0.25) is 4.90 Å². The smallest absolute Gasteiger partial charge is 0.324 e. The van der Waals surface area contributed by atoms with Gasteiger partial charge in [0.1, 0.15) is 18.2 Å². The van der Waals surface area contributed by atoms with Gasteiger partial charge in [0.05, 0.1) is 12.2 Å². The Kier molecular flexibility index (Phi) is 3.91. The van der Waals surface area contributed by atoms with Gasteiger partial charge in [0.25, 0.3) is 0 Å². The summed E-state index contributed by atoms with van der Waals surface area (Å²) in [4.78, 5) is 22.7. The summed E-state index contributed by atoms with van der Waals surface area (Å²) in [6, 6.07) is 8.66. The molecule has 2 saturated heterocycles. The number of fused-ring (bicyclic) bond motifs is 1. The van der Waals surface area contributed by atoms with E-state index < -0.39 is 5.95 Å². The second kappa shape index (κ2) is 6.24. The number of ether oxygens (including phenoxy) is 1. The van der Waals surface area contributed by atoms with Crippen LogP contribution in [0.2, 0.25) is 5.02 Å². The number of anilines is 2. The van der Waals surface area contributed by atoms with Crippen molar-refractivity contribution < 1.29 is 13.9 Å². The second-order valence-electron chi connectivity index (χ2n) is 7.93. The Balaban J connectivity index is 1.23. The van der Waals surface area contributed by atoms with Gasteiger partial charge in [0, 0.05) is 42.7 Å². The molecule has 0 saturated carbocycles. The molecule has 0 radical (unpaired) electrons. The quantitative estimate of drug-likeness (QED) is 0.686. The Morgan fingerprint density at radius 1 is 1.21 bits per heavy atom. The van der Waals surface area contributed by atoms with E-state index in [-0.39, 0.29) is 11.4 Å². The highest BCUT2D eigenvalue weighted by molar-refractivity contribution is 6.30. The molecule has 0 bridgehead atoms. The first kappa shape index (κ1) is 17.6. The fourth-order valence-corrected chi connectivity index (χ4v) is 4.52. The molecule has 1 aromatic heterocycles. The van der Waals surface area contributed by atoms with Crippen LogP contribution in [0.15, 0.2) is 30.3 Å². The summed E-state index contributed by atoms with van der Waals surface area (Å²) in [5.74, 6) is 0.865. The minimum atomic E-state index is -0.451. The molecule has 2 amide bonds. The summed E-state index contributed by atoms with van der Waals surface area (Å²) in [5, 5.41) is 0.590. The van der Waals surface area contributed by atoms with Crippen LogP contribution in [0.1, 0.15) is 5.56 Å². The topological polar surface area (TPSA) is 48.9 Å². The third-order valence-electron chi connectivity index (χ3n) is 5.64. The average Bonchev–Trinajstić information content (AvgIpc) is 2.57. The first-order valence-electron chi connectivity index (χ1n) is 9.30. The predicted octanol–water partition coefficient (Wildman–Crippen LogP) is 3.32. The van der Waals surface area contributed by atoms with Crippen LogP contribution in [-0.4, -0.2) is 55.2 Å². The number of nitrogens with zero attached hydrogens (tertiary/aromatic N) is 4. The summed E-state index contributed by atoms with van der Waals surface area (Å²) in [5.41, 5.74) is 1.71. The number of rotatable bonds is 1. The first-order valence-corrected chi connectivity index (χ1v) is 9.68. The SMILES string of the molecule is Cc1cc(F)nc(N2CC3(CN(C(=O)N4CCOc5cc(Cl)ccc54)C3)C2)c1. The Morgan fingerprint density at radius 2 is 2.00 bits per heavy atom. The maximum atomic E-state index is 13.5. The summed E-state index contributed by atoms with van der Waals surface area (Å²) in [7, 11) is 0. The Labute approximate surface area is 167 Å². The molecule has 3 aliphatic heterocycles. The average molecular weight is 403 g/mol. The number of amides is 2. The van der Waals surface area contributed by atoms with Crippen molar-refractivity contribution in [3.63, 3.8) is 0 Å². The maximum Gasteiger partial charge on any atom is 0.324 e. The van der Waals surface area contributed by atoms with Gasteiger partial charge in [0.15, 0.2) is 0 Å². The molecular formula is C20H20ClFN4O2. The summed E-state index contributed by atoms with van der Waals surface area (Å²) in [6.45, 7) is 5.84. The van der Waals surface area contributed by atoms with Crippen LogP contribution in [0.4, 0.5) is 20.7 Å². The Morgan fingerprint density at radius 3 is 2.75 bits per heavy atom. The zero-order valence-corrected chi connectivity index (χ0v) is 16.2. The number of halogens is 2. The van der Waals surface area contributed by atoms with Crippen LogP contribution in [0, 0.1) is 18.3 Å². The lowest BCUT2D eigenvalue weighted by Crippen LogP contribution is -2.74. The summed E-state index contributed by atoms with van der Waals surface area (Å²) in [6.07, 6.45) is 0. The molecule has 8 heteroatoms. The van der Waals surface area contributed by atoms with Crippen LogP contribution in [0.3, 0.4) is 0 Å². The van der Waals surface area contributed by atoms with Crippen LogP contribution in [-0.2, 0) is 0 Å². The lowest BCUT2D eigenvalue weighted by atomic mass is 9.73. The lowest BCUT2D eigenvalue weighted by Gasteiger charge is -2.60. The highest BCUT2D eigenvalue weighted by Gasteiger charge is 2.54.